The molecule has 20 heavy (non-hydrogen) atoms. The van der Waals surface area contributed by atoms with Crippen LogP contribution in [0.2, 0.25) is 18.1 Å². The second-order valence-corrected chi connectivity index (χ2v) is 10.8. The highest BCUT2D eigenvalue weighted by atomic mass is 28.4. The molecule has 0 aromatic carbocycles. The maximum absolute atomic E-state index is 12.1. The second kappa shape index (κ2) is 7.57. The van der Waals surface area contributed by atoms with Gasteiger partial charge in [-0.05, 0) is 36.4 Å². The number of hydroxylamine groups is 2. The van der Waals surface area contributed by atoms with E-state index >= 15 is 0 Å². The number of carbonyl (C=O) groups is 1. The van der Waals surface area contributed by atoms with Crippen molar-refractivity contribution in [3.05, 3.63) is 0 Å². The van der Waals surface area contributed by atoms with E-state index in [0.29, 0.717) is 18.3 Å². The predicted molar refractivity (Wildman–Crippen MR) is 83.7 cm³/mol. The molecule has 0 heterocycles. The van der Waals surface area contributed by atoms with E-state index in [1.165, 1.54) is 18.6 Å². The Balaban J connectivity index is 2.72. The molecule has 1 saturated carbocycles. The molecule has 1 amide bonds. The summed E-state index contributed by atoms with van der Waals surface area (Å²) in [4.78, 5) is 17.1. The summed E-state index contributed by atoms with van der Waals surface area (Å²) < 4.78 is 6.58. The molecular weight excluding hydrogens is 270 g/mol. The normalized spacial score (nSPS) is 23.5. The minimum atomic E-state index is -1.66. The Labute approximate surface area is 124 Å². The number of rotatable bonds is 9. The van der Waals surface area contributed by atoms with Gasteiger partial charge in [0.05, 0.1) is 19.6 Å². The molecule has 1 aliphatic carbocycles. The topological polar surface area (TPSA) is 38.8 Å². The number of nitrogens with zero attached hydrogens (tertiary/aromatic N) is 1. The molecule has 0 N–H and O–H groups in total. The van der Waals surface area contributed by atoms with Crippen molar-refractivity contribution in [3.63, 3.8) is 0 Å². The van der Waals surface area contributed by atoms with E-state index in [-0.39, 0.29) is 12.0 Å². The Kier molecular flexibility index (Phi) is 6.68. The summed E-state index contributed by atoms with van der Waals surface area (Å²) in [7, 11) is 1.53. The van der Waals surface area contributed by atoms with Crippen LogP contribution in [0.25, 0.3) is 0 Å². The lowest BCUT2D eigenvalue weighted by atomic mass is 10.1. The van der Waals surface area contributed by atoms with Gasteiger partial charge in [0.2, 0.25) is 5.91 Å². The fourth-order valence-electron chi connectivity index (χ4n) is 2.87. The molecule has 0 saturated heterocycles. The molecule has 4 nitrogen and oxygen atoms in total. The first-order valence-electron chi connectivity index (χ1n) is 7.91. The molecule has 0 unspecified atom stereocenters. The molecule has 0 aromatic rings. The molecule has 0 aromatic heterocycles. The van der Waals surface area contributed by atoms with Gasteiger partial charge < -0.3 is 4.43 Å². The highest BCUT2D eigenvalue weighted by Crippen LogP contribution is 2.44. The van der Waals surface area contributed by atoms with Crippen LogP contribution in [0.4, 0.5) is 0 Å². The van der Waals surface area contributed by atoms with Crippen LogP contribution in [0.3, 0.4) is 0 Å². The Bertz CT molecular complexity index is 312. The Morgan fingerprint density at radius 3 is 2.15 bits per heavy atom. The van der Waals surface area contributed by atoms with Crippen LogP contribution in [0.1, 0.15) is 40.5 Å². The fourth-order valence-corrected chi connectivity index (χ4v) is 5.77. The molecule has 0 bridgehead atoms. The Morgan fingerprint density at radius 2 is 1.80 bits per heavy atom. The molecule has 0 aliphatic heterocycles. The fraction of sp³-hybridized carbons (Fsp3) is 0.933. The molecule has 3 atom stereocenters. The van der Waals surface area contributed by atoms with Crippen LogP contribution in [0.5, 0.6) is 0 Å². The first-order chi connectivity index (χ1) is 9.42. The van der Waals surface area contributed by atoms with E-state index in [1.54, 1.807) is 7.05 Å². The molecular formula is C15H31NO3Si. The Morgan fingerprint density at radius 1 is 1.30 bits per heavy atom. The quantitative estimate of drug-likeness (QED) is 0.484. The molecule has 1 aliphatic rings. The number of amides is 1. The van der Waals surface area contributed by atoms with Crippen LogP contribution < -0.4 is 0 Å². The summed E-state index contributed by atoms with van der Waals surface area (Å²) >= 11 is 0. The molecule has 1 rings (SSSR count). The zero-order valence-electron chi connectivity index (χ0n) is 13.9. The smallest absolute Gasteiger partial charge is 0.248 e. The minimum absolute atomic E-state index is 0.0165. The van der Waals surface area contributed by atoms with E-state index in [0.717, 1.165) is 18.1 Å². The summed E-state index contributed by atoms with van der Waals surface area (Å²) in [5.74, 6) is 1.27. The number of carbonyl (C=O) groups excluding carboxylic acids is 1. The van der Waals surface area contributed by atoms with Crippen LogP contribution in [0.15, 0.2) is 0 Å². The van der Waals surface area contributed by atoms with Crippen molar-refractivity contribution in [1.29, 1.82) is 0 Å². The number of hydrogen-bond donors (Lipinski definition) is 0. The SMILES string of the molecule is CC[Si](CC)(CC)O[C@H](CC(=O)N(C)OC)[C@@H]1C[C@H]1C. The zero-order chi connectivity index (χ0) is 15.3. The lowest BCUT2D eigenvalue weighted by Crippen LogP contribution is -2.42. The second-order valence-electron chi connectivity index (χ2n) is 6.05. The standard InChI is InChI=1S/C15H31NO3Si/c1-7-20(8-2,9-3)19-14(13-10-12(13)4)11-15(17)16(5)18-6/h12-14H,7-11H2,1-6H3/t12-,13-,14-/m1/s1. The molecule has 118 valence electrons. The van der Waals surface area contributed by atoms with Gasteiger partial charge in [-0.25, -0.2) is 5.06 Å². The first-order valence-corrected chi connectivity index (χ1v) is 10.4. The van der Waals surface area contributed by atoms with Crippen LogP contribution in [-0.2, 0) is 14.1 Å². The zero-order valence-corrected chi connectivity index (χ0v) is 14.9. The maximum Gasteiger partial charge on any atom is 0.248 e. The van der Waals surface area contributed by atoms with Gasteiger partial charge in [0.15, 0.2) is 8.32 Å². The van der Waals surface area contributed by atoms with Gasteiger partial charge in [-0.3, -0.25) is 9.63 Å². The summed E-state index contributed by atoms with van der Waals surface area (Å²) in [6.45, 7) is 8.94. The monoisotopic (exact) mass is 301 g/mol. The van der Waals surface area contributed by atoms with Gasteiger partial charge in [0, 0.05) is 7.05 Å². The molecule has 0 spiro atoms. The third kappa shape index (κ3) is 4.30. The van der Waals surface area contributed by atoms with Gasteiger partial charge in [-0.15, -0.1) is 0 Å². The van der Waals surface area contributed by atoms with Gasteiger partial charge in [0.1, 0.15) is 0 Å². The van der Waals surface area contributed by atoms with Gasteiger partial charge >= 0.3 is 0 Å². The van der Waals surface area contributed by atoms with E-state index < -0.39 is 8.32 Å². The van der Waals surface area contributed by atoms with Crippen molar-refractivity contribution in [2.24, 2.45) is 11.8 Å². The third-order valence-corrected chi connectivity index (χ3v) is 9.65. The molecule has 0 radical (unpaired) electrons. The largest absolute Gasteiger partial charge is 0.413 e. The van der Waals surface area contributed by atoms with Gasteiger partial charge in [0.25, 0.3) is 0 Å². The summed E-state index contributed by atoms with van der Waals surface area (Å²) in [5.41, 5.74) is 0. The lowest BCUT2D eigenvalue weighted by molar-refractivity contribution is -0.170. The van der Waals surface area contributed by atoms with Crippen LogP contribution in [-0.4, -0.2) is 39.5 Å². The number of hydrogen-bond acceptors (Lipinski definition) is 3. The first kappa shape index (κ1) is 17.7. The van der Waals surface area contributed by atoms with Crippen molar-refractivity contribution in [2.45, 2.75) is 64.8 Å². The highest BCUT2D eigenvalue weighted by Gasteiger charge is 2.44. The maximum atomic E-state index is 12.1. The van der Waals surface area contributed by atoms with Crippen molar-refractivity contribution < 1.29 is 14.1 Å². The van der Waals surface area contributed by atoms with Crippen LogP contribution >= 0.6 is 0 Å². The van der Waals surface area contributed by atoms with Crippen molar-refractivity contribution >= 4 is 14.2 Å². The van der Waals surface area contributed by atoms with E-state index in [1.807, 2.05) is 0 Å². The van der Waals surface area contributed by atoms with Crippen molar-refractivity contribution in [3.8, 4) is 0 Å². The van der Waals surface area contributed by atoms with E-state index in [9.17, 15) is 4.79 Å². The van der Waals surface area contributed by atoms with E-state index in [2.05, 4.69) is 27.7 Å². The van der Waals surface area contributed by atoms with Crippen molar-refractivity contribution in [2.75, 3.05) is 14.2 Å². The Hall–Kier alpha value is -0.393. The average Bonchev–Trinajstić information content (AvgIpc) is 3.19. The predicted octanol–water partition coefficient (Wildman–Crippen LogP) is 3.44. The van der Waals surface area contributed by atoms with Gasteiger partial charge in [-0.1, -0.05) is 27.7 Å². The van der Waals surface area contributed by atoms with Crippen LogP contribution in [0, 0.1) is 11.8 Å². The van der Waals surface area contributed by atoms with Crippen molar-refractivity contribution in [1.82, 2.24) is 5.06 Å². The highest BCUT2D eigenvalue weighted by molar-refractivity contribution is 6.73. The summed E-state index contributed by atoms with van der Waals surface area (Å²) in [6, 6.07) is 3.39. The lowest BCUT2D eigenvalue weighted by Gasteiger charge is -2.34. The molecule has 5 heteroatoms. The molecule has 1 fully saturated rings. The summed E-state index contributed by atoms with van der Waals surface area (Å²) in [5, 5.41) is 1.32. The van der Waals surface area contributed by atoms with E-state index in [4.69, 9.17) is 9.26 Å². The summed E-state index contributed by atoms with van der Waals surface area (Å²) in [6.07, 6.45) is 1.73. The third-order valence-electron chi connectivity index (χ3n) is 4.98. The average molecular weight is 302 g/mol. The minimum Gasteiger partial charge on any atom is -0.413 e. The van der Waals surface area contributed by atoms with Gasteiger partial charge in [-0.2, -0.15) is 0 Å².